The van der Waals surface area contributed by atoms with Crippen molar-refractivity contribution in [1.82, 2.24) is 0 Å². The van der Waals surface area contributed by atoms with Crippen molar-refractivity contribution in [1.29, 1.82) is 0 Å². The molecule has 2 aliphatic rings. The van der Waals surface area contributed by atoms with E-state index in [-0.39, 0.29) is 11.3 Å². The van der Waals surface area contributed by atoms with Crippen LogP contribution in [0.5, 0.6) is 0 Å². The highest BCUT2D eigenvalue weighted by Crippen LogP contribution is 2.38. The van der Waals surface area contributed by atoms with Gasteiger partial charge in [0.1, 0.15) is 0 Å². The Labute approximate surface area is 127 Å². The first-order valence-electron chi connectivity index (χ1n) is 8.06. The van der Waals surface area contributed by atoms with Gasteiger partial charge in [0.25, 0.3) is 0 Å². The van der Waals surface area contributed by atoms with E-state index in [1.807, 2.05) is 18.2 Å². The molecule has 0 radical (unpaired) electrons. The SMILES string of the molecule is CC1CCCC(S(=O)(=O)C2CCc3ccccc3C2N)C1. The molecule has 3 nitrogen and oxygen atoms in total. The van der Waals surface area contributed by atoms with Crippen molar-refractivity contribution in [3.05, 3.63) is 35.4 Å². The molecule has 4 atom stereocenters. The summed E-state index contributed by atoms with van der Waals surface area (Å²) in [4.78, 5) is 0. The van der Waals surface area contributed by atoms with E-state index < -0.39 is 15.1 Å². The van der Waals surface area contributed by atoms with Crippen LogP contribution in [0.25, 0.3) is 0 Å². The van der Waals surface area contributed by atoms with Crippen LogP contribution >= 0.6 is 0 Å². The van der Waals surface area contributed by atoms with Gasteiger partial charge in [-0.25, -0.2) is 8.42 Å². The Hall–Kier alpha value is -0.870. The van der Waals surface area contributed by atoms with Crippen LogP contribution in [0.2, 0.25) is 0 Å². The number of aryl methyl sites for hydroxylation is 1. The maximum absolute atomic E-state index is 13.0. The van der Waals surface area contributed by atoms with Gasteiger partial charge >= 0.3 is 0 Å². The monoisotopic (exact) mass is 307 g/mol. The summed E-state index contributed by atoms with van der Waals surface area (Å²) in [5.41, 5.74) is 8.58. The van der Waals surface area contributed by atoms with Gasteiger partial charge in [-0.2, -0.15) is 0 Å². The maximum Gasteiger partial charge on any atom is 0.157 e. The molecule has 4 heteroatoms. The molecule has 2 aliphatic carbocycles. The number of benzene rings is 1. The molecule has 4 unspecified atom stereocenters. The highest BCUT2D eigenvalue weighted by Gasteiger charge is 2.41. The third-order valence-electron chi connectivity index (χ3n) is 5.29. The van der Waals surface area contributed by atoms with Crippen molar-refractivity contribution < 1.29 is 8.42 Å². The summed E-state index contributed by atoms with van der Waals surface area (Å²) in [5, 5.41) is -0.578. The van der Waals surface area contributed by atoms with E-state index in [1.54, 1.807) is 0 Å². The lowest BCUT2D eigenvalue weighted by Crippen LogP contribution is -2.43. The summed E-state index contributed by atoms with van der Waals surface area (Å²) in [6.45, 7) is 2.16. The first-order chi connectivity index (χ1) is 10.00. The second kappa shape index (κ2) is 5.73. The predicted molar refractivity (Wildman–Crippen MR) is 85.8 cm³/mol. The number of hydrogen-bond donors (Lipinski definition) is 1. The average molecular weight is 307 g/mol. The molecule has 1 fully saturated rings. The highest BCUT2D eigenvalue weighted by atomic mass is 32.2. The predicted octanol–water partition coefficient (Wildman–Crippen LogP) is 2.99. The highest BCUT2D eigenvalue weighted by molar-refractivity contribution is 7.92. The molecule has 0 spiro atoms. The minimum atomic E-state index is -3.13. The van der Waals surface area contributed by atoms with Crippen molar-refractivity contribution in [3.63, 3.8) is 0 Å². The lowest BCUT2D eigenvalue weighted by atomic mass is 9.88. The summed E-state index contributed by atoms with van der Waals surface area (Å²) in [6, 6.07) is 7.66. The van der Waals surface area contributed by atoms with Crippen LogP contribution in [0.3, 0.4) is 0 Å². The smallest absolute Gasteiger partial charge is 0.157 e. The van der Waals surface area contributed by atoms with E-state index >= 15 is 0 Å². The lowest BCUT2D eigenvalue weighted by Gasteiger charge is -2.35. The van der Waals surface area contributed by atoms with Crippen LogP contribution < -0.4 is 5.73 Å². The summed E-state index contributed by atoms with van der Waals surface area (Å²) in [5.74, 6) is 0.519. The molecular formula is C17H25NO2S. The molecule has 1 aromatic carbocycles. The number of nitrogens with two attached hydrogens (primary N) is 1. The van der Waals surface area contributed by atoms with Crippen LogP contribution in [0.15, 0.2) is 24.3 Å². The Morgan fingerprint density at radius 1 is 1.14 bits per heavy atom. The van der Waals surface area contributed by atoms with E-state index in [9.17, 15) is 8.42 Å². The second-order valence-corrected chi connectivity index (χ2v) is 9.23. The third kappa shape index (κ3) is 2.76. The van der Waals surface area contributed by atoms with Gasteiger partial charge < -0.3 is 5.73 Å². The van der Waals surface area contributed by atoms with E-state index in [2.05, 4.69) is 13.0 Å². The van der Waals surface area contributed by atoms with E-state index in [0.717, 1.165) is 37.7 Å². The normalized spacial score (nSPS) is 33.4. The van der Waals surface area contributed by atoms with Crippen molar-refractivity contribution in [2.45, 2.75) is 62.0 Å². The molecule has 2 N–H and O–H groups in total. The Kier molecular flexibility index (Phi) is 4.10. The number of rotatable bonds is 2. The van der Waals surface area contributed by atoms with E-state index in [1.165, 1.54) is 5.56 Å². The molecule has 0 bridgehead atoms. The van der Waals surface area contributed by atoms with E-state index in [4.69, 9.17) is 5.73 Å². The van der Waals surface area contributed by atoms with Crippen LogP contribution in [0.4, 0.5) is 0 Å². The fraction of sp³-hybridized carbons (Fsp3) is 0.647. The van der Waals surface area contributed by atoms with Gasteiger partial charge in [0.15, 0.2) is 9.84 Å². The van der Waals surface area contributed by atoms with Crippen LogP contribution in [0.1, 0.15) is 56.2 Å². The fourth-order valence-electron chi connectivity index (χ4n) is 4.06. The summed E-state index contributed by atoms with van der Waals surface area (Å²) in [6.07, 6.45) is 5.32. The zero-order chi connectivity index (χ0) is 15.0. The first-order valence-corrected chi connectivity index (χ1v) is 9.67. The topological polar surface area (TPSA) is 60.2 Å². The van der Waals surface area contributed by atoms with Gasteiger partial charge in [-0.05, 0) is 42.7 Å². The van der Waals surface area contributed by atoms with Crippen LogP contribution in [-0.2, 0) is 16.3 Å². The Morgan fingerprint density at radius 3 is 2.67 bits per heavy atom. The van der Waals surface area contributed by atoms with E-state index in [0.29, 0.717) is 12.3 Å². The van der Waals surface area contributed by atoms with Crippen molar-refractivity contribution in [2.75, 3.05) is 0 Å². The van der Waals surface area contributed by atoms with Crippen LogP contribution in [-0.4, -0.2) is 18.9 Å². The first kappa shape index (κ1) is 15.0. The quantitative estimate of drug-likeness (QED) is 0.913. The molecule has 21 heavy (non-hydrogen) atoms. The largest absolute Gasteiger partial charge is 0.323 e. The molecule has 0 amide bonds. The summed E-state index contributed by atoms with van der Waals surface area (Å²) in [7, 11) is -3.13. The molecule has 0 aromatic heterocycles. The fourth-order valence-corrected chi connectivity index (χ4v) is 6.65. The number of sulfone groups is 1. The van der Waals surface area contributed by atoms with Crippen molar-refractivity contribution >= 4 is 9.84 Å². The zero-order valence-electron chi connectivity index (χ0n) is 12.7. The van der Waals surface area contributed by atoms with Gasteiger partial charge in [0.05, 0.1) is 10.5 Å². The molecule has 0 aliphatic heterocycles. The van der Waals surface area contributed by atoms with Gasteiger partial charge in [0, 0.05) is 6.04 Å². The molecule has 116 valence electrons. The van der Waals surface area contributed by atoms with Gasteiger partial charge in [0.2, 0.25) is 0 Å². The van der Waals surface area contributed by atoms with Gasteiger partial charge in [-0.1, -0.05) is 44.0 Å². The molecule has 0 heterocycles. The van der Waals surface area contributed by atoms with Crippen molar-refractivity contribution in [2.24, 2.45) is 11.7 Å². The Balaban J connectivity index is 1.87. The third-order valence-corrected chi connectivity index (χ3v) is 8.02. The van der Waals surface area contributed by atoms with Gasteiger partial charge in [-0.15, -0.1) is 0 Å². The lowest BCUT2D eigenvalue weighted by molar-refractivity contribution is 0.376. The Bertz CT molecular complexity index is 611. The molecule has 1 aromatic rings. The molecule has 3 rings (SSSR count). The second-order valence-electron chi connectivity index (χ2n) is 6.78. The number of hydrogen-bond acceptors (Lipinski definition) is 3. The zero-order valence-corrected chi connectivity index (χ0v) is 13.5. The minimum absolute atomic E-state index is 0.178. The molecular weight excluding hydrogens is 282 g/mol. The average Bonchev–Trinajstić information content (AvgIpc) is 2.47. The molecule has 0 saturated heterocycles. The van der Waals surface area contributed by atoms with Gasteiger partial charge in [-0.3, -0.25) is 0 Å². The number of fused-ring (bicyclic) bond motifs is 1. The summed E-state index contributed by atoms with van der Waals surface area (Å²) < 4.78 is 26.1. The standard InChI is InChI=1S/C17H25NO2S/c1-12-5-4-7-14(11-12)21(19,20)16-10-9-13-6-2-3-8-15(13)17(16)18/h2-3,6,8,12,14,16-17H,4-5,7,9-11,18H2,1H3. The Morgan fingerprint density at radius 2 is 1.90 bits per heavy atom. The summed E-state index contributed by atoms with van der Waals surface area (Å²) >= 11 is 0. The maximum atomic E-state index is 13.0. The molecule has 1 saturated carbocycles. The van der Waals surface area contributed by atoms with Crippen molar-refractivity contribution in [3.8, 4) is 0 Å². The minimum Gasteiger partial charge on any atom is -0.323 e. The van der Waals surface area contributed by atoms with Crippen LogP contribution in [0, 0.1) is 5.92 Å².